The van der Waals surface area contributed by atoms with Crippen molar-refractivity contribution in [3.8, 4) is 0 Å². The number of rotatable bonds is 7. The first kappa shape index (κ1) is 18.6. The van der Waals surface area contributed by atoms with Crippen molar-refractivity contribution in [2.75, 3.05) is 6.54 Å². The molecule has 23 heavy (non-hydrogen) atoms. The molecule has 0 saturated carbocycles. The maximum absolute atomic E-state index is 12.6. The van der Waals surface area contributed by atoms with Crippen molar-refractivity contribution in [1.29, 1.82) is 0 Å². The lowest BCUT2D eigenvalue weighted by molar-refractivity contribution is -0.385. The summed E-state index contributed by atoms with van der Waals surface area (Å²) in [6, 6.07) is 4.21. The molecule has 0 atom stereocenters. The summed E-state index contributed by atoms with van der Waals surface area (Å²) in [5.41, 5.74) is 0.668. The predicted octanol–water partition coefficient (Wildman–Crippen LogP) is 3.04. The molecule has 1 N–H and O–H groups in total. The van der Waals surface area contributed by atoms with Crippen LogP contribution in [0.3, 0.4) is 0 Å². The van der Waals surface area contributed by atoms with Crippen LogP contribution in [0.5, 0.6) is 0 Å². The zero-order chi connectivity index (χ0) is 17.7. The number of aliphatic carboxylic acids is 1. The fraction of sp³-hybridized carbons (Fsp3) is 0.500. The number of carboxylic acid groups (broad SMARTS) is 1. The molecule has 0 aliphatic heterocycles. The first-order chi connectivity index (χ1) is 10.6. The lowest BCUT2D eigenvalue weighted by Crippen LogP contribution is -2.38. The molecule has 1 rings (SSSR count). The average Bonchev–Trinajstić information content (AvgIpc) is 2.45. The molecular weight excluding hydrogens is 300 g/mol. The summed E-state index contributed by atoms with van der Waals surface area (Å²) < 4.78 is 0. The Hall–Kier alpha value is -2.44. The molecular formula is C16H22N2O5. The summed E-state index contributed by atoms with van der Waals surface area (Å²) >= 11 is 0. The molecule has 1 amide bonds. The Kier molecular flexibility index (Phi) is 6.24. The van der Waals surface area contributed by atoms with Crippen LogP contribution < -0.4 is 0 Å². The van der Waals surface area contributed by atoms with E-state index >= 15 is 0 Å². The summed E-state index contributed by atoms with van der Waals surface area (Å²) in [4.78, 5) is 35.4. The van der Waals surface area contributed by atoms with Gasteiger partial charge in [-0.15, -0.1) is 0 Å². The van der Waals surface area contributed by atoms with Gasteiger partial charge in [0.25, 0.3) is 11.6 Å². The standard InChI is InChI=1S/C16H22N2O5/c1-10(2)13-6-5-12(9-14(13)18(22)23)16(21)17(11(3)4)8-7-15(19)20/h5-6,9-11H,7-8H2,1-4H3,(H,19,20). The molecule has 0 saturated heterocycles. The fourth-order valence-electron chi connectivity index (χ4n) is 2.30. The highest BCUT2D eigenvalue weighted by Crippen LogP contribution is 2.28. The number of hydrogen-bond acceptors (Lipinski definition) is 4. The third-order valence-corrected chi connectivity index (χ3v) is 3.55. The van der Waals surface area contributed by atoms with E-state index in [4.69, 9.17) is 5.11 Å². The fourth-order valence-corrected chi connectivity index (χ4v) is 2.30. The van der Waals surface area contributed by atoms with Crippen LogP contribution in [-0.4, -0.2) is 39.4 Å². The van der Waals surface area contributed by atoms with Crippen LogP contribution in [0.25, 0.3) is 0 Å². The van der Waals surface area contributed by atoms with Gasteiger partial charge in [0.2, 0.25) is 0 Å². The largest absolute Gasteiger partial charge is 0.481 e. The van der Waals surface area contributed by atoms with E-state index in [-0.39, 0.29) is 36.2 Å². The quantitative estimate of drug-likeness (QED) is 0.614. The second kappa shape index (κ2) is 7.71. The number of nitrogens with zero attached hydrogens (tertiary/aromatic N) is 2. The van der Waals surface area contributed by atoms with Gasteiger partial charge in [-0.2, -0.15) is 0 Å². The molecule has 7 heteroatoms. The second-order valence-electron chi connectivity index (χ2n) is 5.92. The molecule has 0 heterocycles. The van der Waals surface area contributed by atoms with E-state index in [0.717, 1.165) is 0 Å². The smallest absolute Gasteiger partial charge is 0.305 e. The van der Waals surface area contributed by atoms with E-state index in [1.807, 2.05) is 13.8 Å². The van der Waals surface area contributed by atoms with Crippen molar-refractivity contribution < 1.29 is 19.6 Å². The maximum Gasteiger partial charge on any atom is 0.305 e. The predicted molar refractivity (Wildman–Crippen MR) is 85.6 cm³/mol. The van der Waals surface area contributed by atoms with Crippen LogP contribution in [0.1, 0.15) is 56.0 Å². The minimum absolute atomic E-state index is 0.0345. The van der Waals surface area contributed by atoms with E-state index in [1.54, 1.807) is 26.0 Å². The van der Waals surface area contributed by atoms with Gasteiger partial charge < -0.3 is 10.0 Å². The summed E-state index contributed by atoms with van der Waals surface area (Å²) in [7, 11) is 0. The Bertz CT molecular complexity index is 610. The molecule has 1 aromatic rings. The first-order valence-electron chi connectivity index (χ1n) is 7.46. The van der Waals surface area contributed by atoms with Crippen LogP contribution in [0.2, 0.25) is 0 Å². The lowest BCUT2D eigenvalue weighted by Gasteiger charge is -2.26. The Morgan fingerprint density at radius 3 is 2.30 bits per heavy atom. The molecule has 0 bridgehead atoms. The van der Waals surface area contributed by atoms with Crippen LogP contribution >= 0.6 is 0 Å². The highest BCUT2D eigenvalue weighted by Gasteiger charge is 2.24. The number of amides is 1. The van der Waals surface area contributed by atoms with Gasteiger partial charge >= 0.3 is 5.97 Å². The highest BCUT2D eigenvalue weighted by atomic mass is 16.6. The number of hydrogen-bond donors (Lipinski definition) is 1. The van der Waals surface area contributed by atoms with Gasteiger partial charge in [-0.25, -0.2) is 0 Å². The highest BCUT2D eigenvalue weighted by molar-refractivity contribution is 5.95. The SMILES string of the molecule is CC(C)c1ccc(C(=O)N(CCC(=O)O)C(C)C)cc1[N+](=O)[O-]. The van der Waals surface area contributed by atoms with Crippen molar-refractivity contribution >= 4 is 17.6 Å². The molecule has 0 fully saturated rings. The molecule has 7 nitrogen and oxygen atoms in total. The van der Waals surface area contributed by atoms with Gasteiger partial charge in [0.15, 0.2) is 0 Å². The minimum atomic E-state index is -0.996. The summed E-state index contributed by atoms with van der Waals surface area (Å²) in [5.74, 6) is -1.43. The van der Waals surface area contributed by atoms with E-state index in [9.17, 15) is 19.7 Å². The first-order valence-corrected chi connectivity index (χ1v) is 7.46. The summed E-state index contributed by atoms with van der Waals surface area (Å²) in [6.07, 6.45) is -0.171. The van der Waals surface area contributed by atoms with Gasteiger partial charge in [0, 0.05) is 29.8 Å². The molecule has 0 aliphatic carbocycles. The van der Waals surface area contributed by atoms with E-state index < -0.39 is 16.8 Å². The molecule has 0 aliphatic rings. The number of carboxylic acids is 1. The van der Waals surface area contributed by atoms with E-state index in [1.165, 1.54) is 11.0 Å². The third kappa shape index (κ3) is 4.77. The van der Waals surface area contributed by atoms with Crippen LogP contribution in [0, 0.1) is 10.1 Å². The van der Waals surface area contributed by atoms with Crippen LogP contribution in [0.4, 0.5) is 5.69 Å². The van der Waals surface area contributed by atoms with Gasteiger partial charge in [-0.3, -0.25) is 19.7 Å². The van der Waals surface area contributed by atoms with Gasteiger partial charge in [-0.05, 0) is 25.8 Å². The molecule has 1 aromatic carbocycles. The van der Waals surface area contributed by atoms with E-state index in [0.29, 0.717) is 5.56 Å². The van der Waals surface area contributed by atoms with Crippen molar-refractivity contribution in [3.05, 3.63) is 39.4 Å². The number of benzene rings is 1. The average molecular weight is 322 g/mol. The van der Waals surface area contributed by atoms with E-state index in [2.05, 4.69) is 0 Å². The summed E-state index contributed by atoms with van der Waals surface area (Å²) in [5, 5.41) is 20.0. The Morgan fingerprint density at radius 2 is 1.87 bits per heavy atom. The second-order valence-corrected chi connectivity index (χ2v) is 5.92. The maximum atomic E-state index is 12.6. The Balaban J connectivity index is 3.17. The van der Waals surface area contributed by atoms with Gasteiger partial charge in [0.05, 0.1) is 11.3 Å². The number of carbonyl (C=O) groups is 2. The van der Waals surface area contributed by atoms with Crippen molar-refractivity contribution in [3.63, 3.8) is 0 Å². The molecule has 0 unspecified atom stereocenters. The number of nitro benzene ring substituents is 1. The van der Waals surface area contributed by atoms with Crippen molar-refractivity contribution in [2.45, 2.75) is 46.1 Å². The molecule has 0 aromatic heterocycles. The normalized spacial score (nSPS) is 10.9. The molecule has 0 radical (unpaired) electrons. The summed E-state index contributed by atoms with van der Waals surface area (Å²) in [6.45, 7) is 7.30. The number of nitro groups is 1. The Labute approximate surface area is 135 Å². The zero-order valence-corrected chi connectivity index (χ0v) is 13.8. The Morgan fingerprint density at radius 1 is 1.26 bits per heavy atom. The topological polar surface area (TPSA) is 101 Å². The molecule has 126 valence electrons. The van der Waals surface area contributed by atoms with Crippen molar-refractivity contribution in [1.82, 2.24) is 4.90 Å². The molecule has 0 spiro atoms. The third-order valence-electron chi connectivity index (χ3n) is 3.55. The van der Waals surface area contributed by atoms with Crippen molar-refractivity contribution in [2.24, 2.45) is 0 Å². The number of carbonyl (C=O) groups excluding carboxylic acids is 1. The van der Waals surface area contributed by atoms with Crippen LogP contribution in [-0.2, 0) is 4.79 Å². The minimum Gasteiger partial charge on any atom is -0.481 e. The van der Waals surface area contributed by atoms with Gasteiger partial charge in [0.1, 0.15) is 0 Å². The monoisotopic (exact) mass is 322 g/mol. The van der Waals surface area contributed by atoms with Gasteiger partial charge in [-0.1, -0.05) is 19.9 Å². The lowest BCUT2D eigenvalue weighted by atomic mass is 9.98. The zero-order valence-electron chi connectivity index (χ0n) is 13.8. The van der Waals surface area contributed by atoms with Crippen LogP contribution in [0.15, 0.2) is 18.2 Å².